The largest absolute Gasteiger partial charge is 0.497 e. The summed E-state index contributed by atoms with van der Waals surface area (Å²) in [4.78, 5) is 14.6. The Kier molecular flexibility index (Phi) is 16.2. The van der Waals surface area contributed by atoms with E-state index >= 15 is 0 Å². The summed E-state index contributed by atoms with van der Waals surface area (Å²) in [5, 5.41) is 7.00. The summed E-state index contributed by atoms with van der Waals surface area (Å²) in [5.74, 6) is 1.50. The molecular formula is C50H60Cl2N6O6S4. The third kappa shape index (κ3) is 12.5. The number of piperazine rings is 2. The van der Waals surface area contributed by atoms with Crippen molar-refractivity contribution in [3.05, 3.63) is 139 Å². The van der Waals surface area contributed by atoms with Crippen LogP contribution in [-0.2, 0) is 43.7 Å². The number of rotatable bonds is 12. The Morgan fingerprint density at radius 3 is 1.29 bits per heavy atom. The van der Waals surface area contributed by atoms with Gasteiger partial charge < -0.3 is 19.3 Å². The molecule has 18 heteroatoms. The first-order valence-corrected chi connectivity index (χ1v) is 27.8. The van der Waals surface area contributed by atoms with E-state index in [9.17, 15) is 16.8 Å². The summed E-state index contributed by atoms with van der Waals surface area (Å²) in [6, 6.07) is 26.0. The van der Waals surface area contributed by atoms with Gasteiger partial charge in [0.15, 0.2) is 10.3 Å². The number of hydrogen-bond acceptors (Lipinski definition) is 12. The number of aromatic nitrogens is 2. The van der Waals surface area contributed by atoms with Crippen LogP contribution in [0, 0.1) is 0 Å². The summed E-state index contributed by atoms with van der Waals surface area (Å²) in [7, 11) is -3.74. The number of thiazole rings is 2. The highest BCUT2D eigenvalue weighted by Gasteiger charge is 2.31. The van der Waals surface area contributed by atoms with Gasteiger partial charge in [0.2, 0.25) is 20.0 Å². The molecule has 6 aromatic rings. The van der Waals surface area contributed by atoms with Gasteiger partial charge in [-0.25, -0.2) is 26.8 Å². The third-order valence-corrected chi connectivity index (χ3v) is 18.4. The second-order valence-corrected chi connectivity index (χ2v) is 25.3. The second kappa shape index (κ2) is 21.4. The normalized spacial score (nSPS) is 15.5. The van der Waals surface area contributed by atoms with Gasteiger partial charge in [-0.05, 0) is 81.6 Å². The zero-order chi connectivity index (χ0) is 49.0. The quantitative estimate of drug-likeness (QED) is 0.117. The van der Waals surface area contributed by atoms with Crippen LogP contribution >= 0.6 is 45.9 Å². The van der Waals surface area contributed by atoms with Gasteiger partial charge in [-0.1, -0.05) is 95.1 Å². The Balaban J connectivity index is 0.000000202. The fraction of sp³-hybridized carbons (Fsp3) is 0.400. The average molecular weight is 1040 g/mol. The number of benzene rings is 4. The van der Waals surface area contributed by atoms with Gasteiger partial charge in [-0.15, -0.1) is 22.7 Å². The number of anilines is 2. The lowest BCUT2D eigenvalue weighted by molar-refractivity contribution is 0.384. The summed E-state index contributed by atoms with van der Waals surface area (Å²) >= 11 is 15.3. The molecule has 364 valence electrons. The molecule has 2 saturated heterocycles. The van der Waals surface area contributed by atoms with Crippen LogP contribution in [0.5, 0.6) is 11.5 Å². The maximum Gasteiger partial charge on any atom is 0.243 e. The van der Waals surface area contributed by atoms with Crippen molar-refractivity contribution >= 4 is 76.2 Å². The number of halogens is 2. The van der Waals surface area contributed by atoms with Crippen molar-refractivity contribution in [1.29, 1.82) is 0 Å². The number of sulfonamides is 2. The Bertz CT molecular complexity index is 2860. The molecule has 8 rings (SSSR count). The van der Waals surface area contributed by atoms with Gasteiger partial charge in [0.25, 0.3) is 0 Å². The molecule has 0 atom stereocenters. The van der Waals surface area contributed by atoms with E-state index < -0.39 is 20.0 Å². The smallest absolute Gasteiger partial charge is 0.243 e. The topological polar surface area (TPSA) is 125 Å². The Labute approximate surface area is 420 Å². The van der Waals surface area contributed by atoms with Crippen LogP contribution in [0.4, 0.5) is 10.3 Å². The first-order valence-electron chi connectivity index (χ1n) is 22.4. The van der Waals surface area contributed by atoms with Crippen molar-refractivity contribution in [3.8, 4) is 11.5 Å². The Morgan fingerprint density at radius 2 is 0.926 bits per heavy atom. The lowest BCUT2D eigenvalue weighted by Crippen LogP contribution is -2.48. The second-order valence-electron chi connectivity index (χ2n) is 18.9. The molecule has 0 N–H and O–H groups in total. The lowest BCUT2D eigenvalue weighted by atomic mass is 9.87. The highest BCUT2D eigenvalue weighted by Crippen LogP contribution is 2.31. The molecule has 0 spiro atoms. The predicted molar refractivity (Wildman–Crippen MR) is 278 cm³/mol. The molecule has 68 heavy (non-hydrogen) atoms. The molecule has 2 fully saturated rings. The maximum atomic E-state index is 13.2. The van der Waals surface area contributed by atoms with Crippen molar-refractivity contribution in [2.45, 2.75) is 75.0 Å². The van der Waals surface area contributed by atoms with E-state index in [1.165, 1.54) is 0 Å². The van der Waals surface area contributed by atoms with Crippen molar-refractivity contribution < 1.29 is 26.3 Å². The molecule has 4 heterocycles. The van der Waals surface area contributed by atoms with Crippen LogP contribution < -0.4 is 19.3 Å². The summed E-state index contributed by atoms with van der Waals surface area (Å²) < 4.78 is 66.5. The number of nitrogens with zero attached hydrogens (tertiary/aromatic N) is 6. The van der Waals surface area contributed by atoms with Crippen LogP contribution in [0.15, 0.2) is 105 Å². The lowest BCUT2D eigenvalue weighted by Gasteiger charge is -2.33. The molecule has 2 aliphatic heterocycles. The van der Waals surface area contributed by atoms with Crippen molar-refractivity contribution in [2.75, 3.05) is 76.4 Å². The van der Waals surface area contributed by atoms with Crippen LogP contribution in [-0.4, -0.2) is 102 Å². The van der Waals surface area contributed by atoms with E-state index in [1.807, 2.05) is 60.0 Å². The zero-order valence-electron chi connectivity index (χ0n) is 39.8. The molecule has 0 radical (unpaired) electrons. The first kappa shape index (κ1) is 51.6. The van der Waals surface area contributed by atoms with E-state index in [2.05, 4.69) is 56.7 Å². The minimum Gasteiger partial charge on any atom is -0.497 e. The zero-order valence-corrected chi connectivity index (χ0v) is 44.6. The van der Waals surface area contributed by atoms with Gasteiger partial charge in [0, 0.05) is 82.0 Å². The molecule has 0 saturated carbocycles. The van der Waals surface area contributed by atoms with Crippen LogP contribution in [0.2, 0.25) is 10.0 Å². The Morgan fingerprint density at radius 1 is 0.529 bits per heavy atom. The van der Waals surface area contributed by atoms with Crippen LogP contribution in [0.1, 0.15) is 75.2 Å². The predicted octanol–water partition coefficient (Wildman–Crippen LogP) is 10.4. The number of hydrogen-bond donors (Lipinski definition) is 0. The molecule has 0 unspecified atom stereocenters. The van der Waals surface area contributed by atoms with Gasteiger partial charge in [0.05, 0.1) is 45.4 Å². The van der Waals surface area contributed by atoms with Gasteiger partial charge in [-0.2, -0.15) is 8.61 Å². The summed E-state index contributed by atoms with van der Waals surface area (Å²) in [5.41, 5.74) is 6.25. The van der Waals surface area contributed by atoms with Gasteiger partial charge in [0.1, 0.15) is 11.5 Å². The molecular weight excluding hydrogens is 980 g/mol. The minimum atomic E-state index is -3.51. The van der Waals surface area contributed by atoms with E-state index in [-0.39, 0.29) is 10.8 Å². The average Bonchev–Trinajstić information content (AvgIpc) is 4.00. The Hall–Kier alpha value is -4.26. The molecule has 0 amide bonds. The summed E-state index contributed by atoms with van der Waals surface area (Å²) in [6.07, 6.45) is 1.34. The maximum absolute atomic E-state index is 13.2. The van der Waals surface area contributed by atoms with Gasteiger partial charge >= 0.3 is 0 Å². The van der Waals surface area contributed by atoms with Crippen molar-refractivity contribution in [2.24, 2.45) is 0 Å². The highest BCUT2D eigenvalue weighted by atomic mass is 35.5. The SMILES string of the molecule is CC(C)(C)c1ccc(S(=O)(=O)N2CCN(c3nc(Cc4ccc(Cl)c(Cl)c4)cs3)CC2)cc1.COc1cc(Cc2csc(N3CCN(S(=O)(=O)c4ccc(C(C)(C)C)cc4)CC3)n2)cc(OC)c1. The minimum absolute atomic E-state index is 0.0136. The number of methoxy groups -OCH3 is 2. The van der Waals surface area contributed by atoms with E-state index in [0.29, 0.717) is 85.0 Å². The van der Waals surface area contributed by atoms with Crippen LogP contribution in [0.3, 0.4) is 0 Å². The fourth-order valence-corrected chi connectivity index (χ4v) is 12.8. The molecule has 0 aliphatic carbocycles. The third-order valence-electron chi connectivity index (χ3n) is 12.0. The van der Waals surface area contributed by atoms with Crippen LogP contribution in [0.25, 0.3) is 0 Å². The van der Waals surface area contributed by atoms with Crippen molar-refractivity contribution in [1.82, 2.24) is 18.6 Å². The van der Waals surface area contributed by atoms with Gasteiger partial charge in [-0.3, -0.25) is 0 Å². The molecule has 2 aliphatic rings. The van der Waals surface area contributed by atoms with E-state index in [1.54, 1.807) is 75.8 Å². The molecule has 2 aromatic heterocycles. The highest BCUT2D eigenvalue weighted by molar-refractivity contribution is 7.89. The number of ether oxygens (including phenoxy) is 2. The monoisotopic (exact) mass is 1040 g/mol. The molecule has 0 bridgehead atoms. The molecule has 12 nitrogen and oxygen atoms in total. The van der Waals surface area contributed by atoms with E-state index in [4.69, 9.17) is 42.6 Å². The van der Waals surface area contributed by atoms with Crippen molar-refractivity contribution in [3.63, 3.8) is 0 Å². The molecule has 4 aromatic carbocycles. The van der Waals surface area contributed by atoms with E-state index in [0.717, 1.165) is 55.4 Å². The summed E-state index contributed by atoms with van der Waals surface area (Å²) in [6.45, 7) is 16.9. The first-order chi connectivity index (χ1) is 32.1. The fourth-order valence-electron chi connectivity index (χ4n) is 7.87. The standard InChI is InChI=1S/C26H33N3O4S2.C24H27Cl2N3O2S2/c1-26(2,3)20-6-8-24(9-7-20)35(30,31)29-12-10-28(11-13-29)25-27-21(18-34-25)14-19-15-22(32-4)17-23(16-19)33-5;1-24(2,3)18-5-7-20(8-6-18)33(30,31)29-12-10-28(11-13-29)23-27-19(16-32-23)14-17-4-9-21(25)22(26)15-17/h6-9,15-18H,10-14H2,1-5H3;4-9,15-16H,10-14H2,1-3H3.